The number of nitrogens with zero attached hydrogens (tertiary/aromatic N) is 2. The molecule has 0 fully saturated rings. The monoisotopic (exact) mass is 464 g/mol. The quantitative estimate of drug-likeness (QED) is 0.288. The number of allylic oxidation sites excluding steroid dienone is 7. The standard InChI is InChI=1S/C25H38FN2O3P/c1-7-8-23(26)10-9-18(2)13-21-14-19(3)22(17-32(6)31)11-12-28(5)25(30)15-24(29)20(4)27-16-21/h8-11,14-16,18-20,29,31H,7,12-13,17H2,1-6H3/b10-9-,21-14-,22-11+,23-8+,24-15-,27-16?. The van der Waals surface area contributed by atoms with E-state index in [4.69, 9.17) is 0 Å². The predicted molar refractivity (Wildman–Crippen MR) is 134 cm³/mol. The van der Waals surface area contributed by atoms with Crippen LogP contribution in [0.4, 0.5) is 4.39 Å². The first-order valence-corrected chi connectivity index (χ1v) is 13.0. The van der Waals surface area contributed by atoms with Gasteiger partial charge in [0, 0.05) is 40.2 Å². The van der Waals surface area contributed by atoms with Crippen molar-refractivity contribution in [2.45, 2.75) is 46.6 Å². The van der Waals surface area contributed by atoms with Crippen LogP contribution in [0.5, 0.6) is 0 Å². The predicted octanol–water partition coefficient (Wildman–Crippen LogP) is 5.71. The maximum absolute atomic E-state index is 13.7. The molecule has 0 saturated heterocycles. The number of amides is 1. The summed E-state index contributed by atoms with van der Waals surface area (Å²) in [6, 6.07) is -0.559. The molecule has 1 rings (SSSR count). The SMILES string of the molecule is CC/C=C(F)\C=C/C(C)C/C1=C/C(C)/C(CP(C)O)=C/CN(C)C(=O)/C=C(\O)C(C)N=C1. The highest BCUT2D eigenvalue weighted by atomic mass is 31.1. The Morgan fingerprint density at radius 3 is 2.75 bits per heavy atom. The molecule has 0 spiro atoms. The van der Waals surface area contributed by atoms with E-state index in [0.717, 1.165) is 11.1 Å². The largest absolute Gasteiger partial charge is 0.510 e. The molecule has 0 aromatic heterocycles. The van der Waals surface area contributed by atoms with Gasteiger partial charge in [-0.3, -0.25) is 9.79 Å². The maximum Gasteiger partial charge on any atom is 0.250 e. The molecule has 4 atom stereocenters. The van der Waals surface area contributed by atoms with Gasteiger partial charge in [-0.05, 0) is 56.0 Å². The zero-order chi connectivity index (χ0) is 24.3. The summed E-state index contributed by atoms with van der Waals surface area (Å²) in [7, 11) is 0.538. The van der Waals surface area contributed by atoms with E-state index in [-0.39, 0.29) is 29.3 Å². The summed E-state index contributed by atoms with van der Waals surface area (Å²) < 4.78 is 13.7. The molecule has 178 valence electrons. The fourth-order valence-electron chi connectivity index (χ4n) is 3.20. The molecule has 0 saturated carbocycles. The van der Waals surface area contributed by atoms with Crippen molar-refractivity contribution in [3.63, 3.8) is 0 Å². The summed E-state index contributed by atoms with van der Waals surface area (Å²) in [5.41, 5.74) is 2.00. The number of aliphatic hydroxyl groups is 1. The molecular formula is C25H38FN2O3P. The molecule has 1 aliphatic heterocycles. The maximum atomic E-state index is 13.7. The van der Waals surface area contributed by atoms with E-state index in [9.17, 15) is 19.2 Å². The minimum Gasteiger partial charge on any atom is -0.510 e. The number of rotatable bonds is 7. The zero-order valence-electron chi connectivity index (χ0n) is 20.1. The van der Waals surface area contributed by atoms with E-state index in [0.29, 0.717) is 25.5 Å². The number of aliphatic imine (C=N–C) groups is 1. The number of likely N-dealkylation sites (N-methyl/N-ethyl adjacent to an activating group) is 1. The van der Waals surface area contributed by atoms with Gasteiger partial charge in [0.2, 0.25) is 5.91 Å². The van der Waals surface area contributed by atoms with Crippen molar-refractivity contribution in [2.24, 2.45) is 16.8 Å². The molecule has 0 aromatic carbocycles. The summed E-state index contributed by atoms with van der Waals surface area (Å²) in [5, 5.41) is 10.3. The van der Waals surface area contributed by atoms with Gasteiger partial charge in [-0.1, -0.05) is 44.6 Å². The average molecular weight is 465 g/mol. The molecule has 0 aliphatic carbocycles. The molecule has 1 heterocycles. The lowest BCUT2D eigenvalue weighted by Gasteiger charge is -2.19. The van der Waals surface area contributed by atoms with Crippen LogP contribution in [0.2, 0.25) is 0 Å². The first-order chi connectivity index (χ1) is 15.0. The molecule has 1 aliphatic rings. The third kappa shape index (κ3) is 10.5. The van der Waals surface area contributed by atoms with Crippen molar-refractivity contribution < 1.29 is 19.2 Å². The van der Waals surface area contributed by atoms with Gasteiger partial charge < -0.3 is 14.9 Å². The fourth-order valence-corrected chi connectivity index (χ4v) is 4.14. The van der Waals surface area contributed by atoms with Gasteiger partial charge in [0.15, 0.2) is 0 Å². The number of hydrogen-bond acceptors (Lipinski definition) is 4. The molecule has 5 nitrogen and oxygen atoms in total. The van der Waals surface area contributed by atoms with Gasteiger partial charge in [-0.15, -0.1) is 0 Å². The minimum atomic E-state index is -1.14. The van der Waals surface area contributed by atoms with E-state index >= 15 is 0 Å². The van der Waals surface area contributed by atoms with Crippen LogP contribution in [0.25, 0.3) is 0 Å². The normalized spacial score (nSPS) is 28.5. The van der Waals surface area contributed by atoms with Crippen molar-refractivity contribution in [1.29, 1.82) is 0 Å². The summed E-state index contributed by atoms with van der Waals surface area (Å²) in [6.07, 6.45) is 13.7. The molecule has 2 N–H and O–H groups in total. The number of halogens is 1. The van der Waals surface area contributed by atoms with E-state index in [1.807, 2.05) is 26.0 Å². The first-order valence-electron chi connectivity index (χ1n) is 11.1. The first kappa shape index (κ1) is 28.0. The zero-order valence-corrected chi connectivity index (χ0v) is 21.0. The Labute approximate surface area is 193 Å². The molecule has 0 aromatic rings. The van der Waals surface area contributed by atoms with Crippen LogP contribution in [0.1, 0.15) is 40.5 Å². The average Bonchev–Trinajstić information content (AvgIpc) is 2.72. The van der Waals surface area contributed by atoms with Gasteiger partial charge in [0.05, 0.1) is 0 Å². The van der Waals surface area contributed by atoms with Crippen molar-refractivity contribution >= 4 is 20.3 Å². The highest BCUT2D eigenvalue weighted by molar-refractivity contribution is 7.50. The molecule has 4 unspecified atom stereocenters. The molecule has 1 amide bonds. The lowest BCUT2D eigenvalue weighted by Crippen LogP contribution is -2.26. The number of hydrogen-bond donors (Lipinski definition) is 2. The van der Waals surface area contributed by atoms with Gasteiger partial charge in [-0.2, -0.15) is 0 Å². The minimum absolute atomic E-state index is 0.0302. The van der Waals surface area contributed by atoms with Crippen molar-refractivity contribution in [1.82, 2.24) is 4.90 Å². The van der Waals surface area contributed by atoms with Crippen molar-refractivity contribution in [2.75, 3.05) is 26.4 Å². The van der Waals surface area contributed by atoms with Crippen LogP contribution in [0, 0.1) is 11.8 Å². The lowest BCUT2D eigenvalue weighted by molar-refractivity contribution is -0.124. The smallest absolute Gasteiger partial charge is 0.250 e. The second-order valence-corrected chi connectivity index (χ2v) is 10.0. The van der Waals surface area contributed by atoms with Crippen LogP contribution in [-0.4, -0.2) is 59.5 Å². The summed E-state index contributed by atoms with van der Waals surface area (Å²) in [6.45, 7) is 9.88. The van der Waals surface area contributed by atoms with Gasteiger partial charge >= 0.3 is 0 Å². The van der Waals surface area contributed by atoms with Crippen LogP contribution >= 0.6 is 8.15 Å². The summed E-state index contributed by atoms with van der Waals surface area (Å²) in [5.74, 6) is -0.535. The second kappa shape index (κ2) is 14.2. The Kier molecular flexibility index (Phi) is 12.4. The van der Waals surface area contributed by atoms with E-state index < -0.39 is 14.2 Å². The molecule has 7 heteroatoms. The topological polar surface area (TPSA) is 73.1 Å². The Morgan fingerprint density at radius 1 is 1.44 bits per heavy atom. The second-order valence-electron chi connectivity index (χ2n) is 8.40. The molecular weight excluding hydrogens is 426 g/mol. The Bertz CT molecular complexity index is 812. The van der Waals surface area contributed by atoms with Crippen molar-refractivity contribution in [3.8, 4) is 0 Å². The van der Waals surface area contributed by atoms with E-state index in [1.165, 1.54) is 23.1 Å². The Balaban J connectivity index is 3.31. The number of carbonyl (C=O) groups excluding carboxylic acids is 1. The lowest BCUT2D eigenvalue weighted by atomic mass is 9.94. The third-order valence-corrected chi connectivity index (χ3v) is 5.99. The molecule has 32 heavy (non-hydrogen) atoms. The number of carbonyl (C=O) groups is 1. The van der Waals surface area contributed by atoms with E-state index in [2.05, 4.69) is 18.0 Å². The van der Waals surface area contributed by atoms with Crippen LogP contribution in [-0.2, 0) is 4.79 Å². The van der Waals surface area contributed by atoms with E-state index in [1.54, 1.807) is 26.9 Å². The summed E-state index contributed by atoms with van der Waals surface area (Å²) in [4.78, 5) is 28.4. The van der Waals surface area contributed by atoms with Crippen LogP contribution in [0.3, 0.4) is 0 Å². The molecule has 0 bridgehead atoms. The number of aliphatic hydroxyl groups excluding tert-OH is 1. The highest BCUT2D eigenvalue weighted by Crippen LogP contribution is 2.31. The Morgan fingerprint density at radius 2 is 2.12 bits per heavy atom. The van der Waals surface area contributed by atoms with Crippen molar-refractivity contribution in [3.05, 3.63) is 59.2 Å². The summed E-state index contributed by atoms with van der Waals surface area (Å²) >= 11 is 0. The molecule has 0 radical (unpaired) electrons. The van der Waals surface area contributed by atoms with Gasteiger partial charge in [0.1, 0.15) is 17.6 Å². The van der Waals surface area contributed by atoms with Gasteiger partial charge in [0.25, 0.3) is 0 Å². The highest BCUT2D eigenvalue weighted by Gasteiger charge is 2.15. The van der Waals surface area contributed by atoms with Crippen LogP contribution < -0.4 is 0 Å². The van der Waals surface area contributed by atoms with Crippen LogP contribution in [0.15, 0.2) is 64.2 Å². The third-order valence-electron chi connectivity index (χ3n) is 5.17. The fraction of sp³-hybridized carbons (Fsp3) is 0.520. The van der Waals surface area contributed by atoms with Gasteiger partial charge in [-0.25, -0.2) is 4.39 Å². The Hall–Kier alpha value is -2.04.